The van der Waals surface area contributed by atoms with Crippen molar-refractivity contribution < 1.29 is 14.3 Å². The van der Waals surface area contributed by atoms with Crippen molar-refractivity contribution in [1.29, 1.82) is 0 Å². The number of carbonyl (C=O) groups is 2. The average Bonchev–Trinajstić information content (AvgIpc) is 3.36. The zero-order valence-corrected chi connectivity index (χ0v) is 23.2. The molecule has 1 aromatic heterocycles. The van der Waals surface area contributed by atoms with E-state index in [9.17, 15) is 9.59 Å². The number of nitrogens with zero attached hydrogens (tertiary/aromatic N) is 4. The summed E-state index contributed by atoms with van der Waals surface area (Å²) in [6.45, 7) is 2.72. The Balaban J connectivity index is 1.06. The van der Waals surface area contributed by atoms with Crippen LogP contribution in [0.2, 0.25) is 5.15 Å². The van der Waals surface area contributed by atoms with Gasteiger partial charge in [-0.25, -0.2) is 14.8 Å². The molecule has 2 aliphatic heterocycles. The third-order valence-corrected chi connectivity index (χ3v) is 7.42. The van der Waals surface area contributed by atoms with Gasteiger partial charge in [-0.05, 0) is 42.5 Å². The van der Waals surface area contributed by atoms with Crippen molar-refractivity contribution in [3.63, 3.8) is 0 Å². The van der Waals surface area contributed by atoms with Crippen molar-refractivity contribution in [3.8, 4) is 5.75 Å². The van der Waals surface area contributed by atoms with E-state index in [2.05, 4.69) is 30.9 Å². The summed E-state index contributed by atoms with van der Waals surface area (Å²) in [5.41, 5.74) is 13.0. The fourth-order valence-electron chi connectivity index (χ4n) is 4.81. The quantitative estimate of drug-likeness (QED) is 0.282. The molecule has 214 valence electrons. The number of guanidine groups is 1. The first-order chi connectivity index (χ1) is 19.8. The Morgan fingerprint density at radius 1 is 1.05 bits per heavy atom. The Morgan fingerprint density at radius 2 is 1.80 bits per heavy atom. The predicted molar refractivity (Wildman–Crippen MR) is 157 cm³/mol. The minimum atomic E-state index is -0.686. The lowest BCUT2D eigenvalue weighted by Gasteiger charge is -2.38. The van der Waals surface area contributed by atoms with Gasteiger partial charge in [-0.2, -0.15) is 4.99 Å². The molecule has 41 heavy (non-hydrogen) atoms. The second kappa shape index (κ2) is 12.3. The smallest absolute Gasteiger partial charge is 0.317 e. The molecule has 0 aliphatic carbocycles. The summed E-state index contributed by atoms with van der Waals surface area (Å²) >= 11 is 5.87. The highest BCUT2D eigenvalue weighted by Gasteiger charge is 2.40. The zero-order valence-electron chi connectivity index (χ0n) is 22.4. The number of carbonyl (C=O) groups excluding carboxylic acids is 2. The Bertz CT molecular complexity index is 1440. The standard InChI is InChI=1S/C28H32ClN9O3/c29-22-24(31)35-23(30)21(34-22)25(39)36-26-33-17-28(37-26)10-13-38(14-11-28)27(40)32-12-9-18-7-4-8-20(15-18)41-16-19-5-2-1-3-6-19/h1-8,15H,9-14,16-17H2,(H,32,40)(H4,30,31,35)(H2,33,36,37,39). The number of amides is 3. The van der Waals surface area contributed by atoms with Crippen LogP contribution in [0, 0.1) is 0 Å². The van der Waals surface area contributed by atoms with E-state index in [0.717, 1.165) is 16.9 Å². The lowest BCUT2D eigenvalue weighted by atomic mass is 9.89. The summed E-state index contributed by atoms with van der Waals surface area (Å²) in [5.74, 6) is 0.233. The number of nitrogen functional groups attached to an aromatic ring is 2. The summed E-state index contributed by atoms with van der Waals surface area (Å²) in [7, 11) is 0. The number of anilines is 2. The van der Waals surface area contributed by atoms with Crippen LogP contribution in [-0.4, -0.2) is 64.5 Å². The number of aliphatic imine (C=N–C) groups is 1. The molecule has 2 aromatic carbocycles. The summed E-state index contributed by atoms with van der Waals surface area (Å²) in [5, 5.41) is 9.34. The first-order valence-corrected chi connectivity index (χ1v) is 13.7. The van der Waals surface area contributed by atoms with Gasteiger partial charge < -0.3 is 37.1 Å². The minimum Gasteiger partial charge on any atom is -0.489 e. The molecule has 12 nitrogen and oxygen atoms in total. The molecule has 3 amide bonds. The van der Waals surface area contributed by atoms with Gasteiger partial charge >= 0.3 is 11.9 Å². The van der Waals surface area contributed by atoms with Crippen LogP contribution in [0.3, 0.4) is 0 Å². The molecule has 2 fully saturated rings. The summed E-state index contributed by atoms with van der Waals surface area (Å²) in [6, 6.07) is 17.8. The van der Waals surface area contributed by atoms with Crippen LogP contribution >= 0.6 is 11.6 Å². The van der Waals surface area contributed by atoms with E-state index in [1.807, 2.05) is 54.6 Å². The number of benzene rings is 2. The van der Waals surface area contributed by atoms with Crippen molar-refractivity contribution >= 4 is 41.1 Å². The molecule has 5 rings (SSSR count). The number of halogens is 1. The molecule has 0 unspecified atom stereocenters. The molecule has 0 atom stereocenters. The molecule has 0 bridgehead atoms. The van der Waals surface area contributed by atoms with Gasteiger partial charge in [-0.3, -0.25) is 4.79 Å². The molecule has 13 heteroatoms. The fraction of sp³-hybridized carbons (Fsp3) is 0.321. The first kappa shape index (κ1) is 28.0. The third-order valence-electron chi connectivity index (χ3n) is 7.14. The number of aromatic nitrogens is 2. The second-order valence-electron chi connectivity index (χ2n) is 10.0. The van der Waals surface area contributed by atoms with Crippen LogP contribution in [0.15, 0.2) is 59.6 Å². The molecule has 3 aromatic rings. The molecule has 2 saturated heterocycles. The number of ether oxygens (including phenoxy) is 1. The summed E-state index contributed by atoms with van der Waals surface area (Å²) in [4.78, 5) is 39.0. The maximum Gasteiger partial charge on any atom is 0.317 e. The highest BCUT2D eigenvalue weighted by atomic mass is 35.5. The largest absolute Gasteiger partial charge is 0.489 e. The number of nitrogens with two attached hydrogens (primary N) is 2. The van der Waals surface area contributed by atoms with Crippen LogP contribution in [0.25, 0.3) is 0 Å². The zero-order chi connectivity index (χ0) is 28.8. The normalized spacial score (nSPS) is 16.7. The number of hydrogen-bond acceptors (Lipinski definition) is 7. The van der Waals surface area contributed by atoms with E-state index >= 15 is 0 Å². The van der Waals surface area contributed by atoms with Crippen LogP contribution in [0.5, 0.6) is 5.75 Å². The Morgan fingerprint density at radius 3 is 2.59 bits per heavy atom. The van der Waals surface area contributed by atoms with Gasteiger partial charge in [-0.1, -0.05) is 54.1 Å². The SMILES string of the molecule is Nc1nc(N)c(C(=O)/N=C2\NCC3(CCN(C(=O)NCCc4cccc(OCc5ccccc5)c4)CC3)N2)nc1Cl. The molecule has 0 saturated carbocycles. The molecule has 2 aliphatic rings. The average molecular weight is 578 g/mol. The Labute approximate surface area is 242 Å². The maximum absolute atomic E-state index is 12.8. The van der Waals surface area contributed by atoms with Gasteiger partial charge in [0.1, 0.15) is 12.4 Å². The lowest BCUT2D eigenvalue weighted by Crippen LogP contribution is -2.55. The number of rotatable bonds is 7. The van der Waals surface area contributed by atoms with Crippen LogP contribution in [0.4, 0.5) is 16.4 Å². The van der Waals surface area contributed by atoms with Gasteiger partial charge in [0.05, 0.1) is 5.54 Å². The van der Waals surface area contributed by atoms with Gasteiger partial charge in [0.15, 0.2) is 28.4 Å². The highest BCUT2D eigenvalue weighted by molar-refractivity contribution is 6.31. The van der Waals surface area contributed by atoms with E-state index in [1.165, 1.54) is 0 Å². The van der Waals surface area contributed by atoms with Gasteiger partial charge in [-0.15, -0.1) is 0 Å². The molecule has 0 radical (unpaired) electrons. The Hall–Kier alpha value is -4.58. The van der Waals surface area contributed by atoms with Crippen LogP contribution in [-0.2, 0) is 13.0 Å². The maximum atomic E-state index is 12.8. The van der Waals surface area contributed by atoms with Gasteiger partial charge in [0.2, 0.25) is 0 Å². The van der Waals surface area contributed by atoms with Crippen molar-refractivity contribution in [2.24, 2.45) is 4.99 Å². The van der Waals surface area contributed by atoms with Gasteiger partial charge in [0, 0.05) is 26.2 Å². The number of likely N-dealkylation sites (tertiary alicyclic amines) is 1. The van der Waals surface area contributed by atoms with E-state index in [-0.39, 0.29) is 34.1 Å². The van der Waals surface area contributed by atoms with Crippen LogP contribution < -0.4 is 32.2 Å². The summed E-state index contributed by atoms with van der Waals surface area (Å²) < 4.78 is 5.91. The van der Waals surface area contributed by atoms with Crippen molar-refractivity contribution in [3.05, 3.63) is 76.6 Å². The number of urea groups is 1. The molecule has 1 spiro atoms. The van der Waals surface area contributed by atoms with Crippen molar-refractivity contribution in [2.75, 3.05) is 37.6 Å². The lowest BCUT2D eigenvalue weighted by molar-refractivity contribution is 0.0998. The van der Waals surface area contributed by atoms with Crippen LogP contribution in [0.1, 0.15) is 34.5 Å². The highest BCUT2D eigenvalue weighted by Crippen LogP contribution is 2.25. The number of hydrogen-bond donors (Lipinski definition) is 5. The molecule has 3 heterocycles. The Kier molecular flexibility index (Phi) is 8.39. The first-order valence-electron chi connectivity index (χ1n) is 13.3. The number of piperidine rings is 1. The minimum absolute atomic E-state index is 0.0569. The number of nitrogens with one attached hydrogen (secondary N) is 3. The van der Waals surface area contributed by atoms with E-state index in [1.54, 1.807) is 4.90 Å². The molecular weight excluding hydrogens is 546 g/mol. The molecular formula is C28H32ClN9O3. The van der Waals surface area contributed by atoms with E-state index < -0.39 is 5.91 Å². The van der Waals surface area contributed by atoms with Crippen molar-refractivity contribution in [2.45, 2.75) is 31.4 Å². The fourth-order valence-corrected chi connectivity index (χ4v) is 4.94. The van der Waals surface area contributed by atoms with Gasteiger partial charge in [0.25, 0.3) is 0 Å². The topological polar surface area (TPSA) is 173 Å². The summed E-state index contributed by atoms with van der Waals surface area (Å²) in [6.07, 6.45) is 2.08. The van der Waals surface area contributed by atoms with E-state index in [4.69, 9.17) is 27.8 Å². The third kappa shape index (κ3) is 6.95. The van der Waals surface area contributed by atoms with E-state index in [0.29, 0.717) is 58.0 Å². The monoisotopic (exact) mass is 577 g/mol. The second-order valence-corrected chi connectivity index (χ2v) is 10.4. The molecule has 7 N–H and O–H groups in total. The van der Waals surface area contributed by atoms with Crippen molar-refractivity contribution in [1.82, 2.24) is 30.8 Å². The predicted octanol–water partition coefficient (Wildman–Crippen LogP) is 2.35.